The van der Waals surface area contributed by atoms with Gasteiger partial charge in [-0.2, -0.15) is 0 Å². The summed E-state index contributed by atoms with van der Waals surface area (Å²) in [4.78, 5) is 11.1. The van der Waals surface area contributed by atoms with Crippen LogP contribution in [0.1, 0.15) is 5.56 Å². The van der Waals surface area contributed by atoms with E-state index in [1.54, 1.807) is 23.0 Å². The molecule has 1 heterocycles. The minimum Gasteiger partial charge on any atom is -0.394 e. The highest BCUT2D eigenvalue weighted by molar-refractivity contribution is 9.10. The number of nitrogens with zero attached hydrogens (tertiary/aromatic N) is 1. The van der Waals surface area contributed by atoms with E-state index in [9.17, 15) is 9.18 Å². The number of rotatable bonds is 2. The molecule has 0 saturated carbocycles. The van der Waals surface area contributed by atoms with Gasteiger partial charge in [0.15, 0.2) is 0 Å². The van der Waals surface area contributed by atoms with Crippen molar-refractivity contribution in [1.82, 2.24) is 4.57 Å². The summed E-state index contributed by atoms with van der Waals surface area (Å²) in [6.45, 7) is 0.447. The lowest BCUT2D eigenvalue weighted by Crippen LogP contribution is -2.11. The van der Waals surface area contributed by atoms with Crippen LogP contribution in [0.5, 0.6) is 0 Å². The number of hydrogen-bond donors (Lipinski definition) is 1. The second-order valence-electron chi connectivity index (χ2n) is 3.65. The first-order chi connectivity index (χ1) is 8.08. The molecule has 0 spiro atoms. The zero-order valence-corrected chi connectivity index (χ0v) is 10.4. The molecule has 0 bridgehead atoms. The van der Waals surface area contributed by atoms with Gasteiger partial charge >= 0.3 is 0 Å². The predicted molar refractivity (Wildman–Crippen MR) is 68.3 cm³/mol. The van der Waals surface area contributed by atoms with Gasteiger partial charge in [0.2, 0.25) is 5.43 Å². The van der Waals surface area contributed by atoms with Crippen LogP contribution < -0.4 is 11.2 Å². The summed E-state index contributed by atoms with van der Waals surface area (Å²) in [6.07, 6.45) is 3.16. The van der Waals surface area contributed by atoms with Gasteiger partial charge in [0.25, 0.3) is 0 Å². The lowest BCUT2D eigenvalue weighted by Gasteiger charge is -2.09. The van der Waals surface area contributed by atoms with Crippen LogP contribution in [0.2, 0.25) is 0 Å². The fourth-order valence-electron chi connectivity index (χ4n) is 1.51. The maximum atomic E-state index is 13.3. The highest BCUT2D eigenvalue weighted by Crippen LogP contribution is 2.21. The van der Waals surface area contributed by atoms with Gasteiger partial charge in [0.05, 0.1) is 10.2 Å². The molecule has 0 amide bonds. The minimum atomic E-state index is -0.309. The molecule has 1 aromatic heterocycles. The fraction of sp³-hybridized carbons (Fsp3) is 0.0833. The van der Waals surface area contributed by atoms with Crippen molar-refractivity contribution in [1.29, 1.82) is 0 Å². The number of nitrogens with two attached hydrogens (primary N) is 1. The summed E-state index contributed by atoms with van der Waals surface area (Å²) in [5.41, 5.74) is 6.28. The standard InChI is InChI=1S/C12H10BrFN2O/c13-12-8(2-1-3-9(12)14)6-16-5-4-11(17)10(15)7-16/h1-5,7H,6,15H2. The molecule has 17 heavy (non-hydrogen) atoms. The van der Waals surface area contributed by atoms with Gasteiger partial charge in [-0.3, -0.25) is 4.79 Å². The van der Waals surface area contributed by atoms with E-state index in [2.05, 4.69) is 15.9 Å². The Hall–Kier alpha value is -1.62. The number of pyridine rings is 1. The van der Waals surface area contributed by atoms with Crippen LogP contribution in [-0.2, 0) is 6.54 Å². The Morgan fingerprint density at radius 3 is 2.82 bits per heavy atom. The normalized spacial score (nSPS) is 10.5. The molecule has 0 aliphatic carbocycles. The van der Waals surface area contributed by atoms with Gasteiger partial charge < -0.3 is 10.3 Å². The van der Waals surface area contributed by atoms with Crippen molar-refractivity contribution in [3.8, 4) is 0 Å². The van der Waals surface area contributed by atoms with Crippen molar-refractivity contribution in [3.63, 3.8) is 0 Å². The van der Waals surface area contributed by atoms with Crippen molar-refractivity contribution in [2.75, 3.05) is 5.73 Å². The van der Waals surface area contributed by atoms with E-state index >= 15 is 0 Å². The van der Waals surface area contributed by atoms with Gasteiger partial charge in [-0.05, 0) is 27.6 Å². The number of aromatic nitrogens is 1. The molecule has 3 nitrogen and oxygen atoms in total. The summed E-state index contributed by atoms with van der Waals surface area (Å²) < 4.78 is 15.5. The van der Waals surface area contributed by atoms with Crippen molar-refractivity contribution >= 4 is 21.6 Å². The number of halogens is 2. The van der Waals surface area contributed by atoms with Crippen LogP contribution in [0.25, 0.3) is 0 Å². The molecule has 0 aliphatic rings. The molecule has 0 radical (unpaired) electrons. The molecule has 2 rings (SSSR count). The van der Waals surface area contributed by atoms with Crippen LogP contribution in [0, 0.1) is 5.82 Å². The van der Waals surface area contributed by atoms with Gasteiger partial charge in [0.1, 0.15) is 5.82 Å². The fourth-order valence-corrected chi connectivity index (χ4v) is 1.90. The number of hydrogen-bond acceptors (Lipinski definition) is 2. The summed E-state index contributed by atoms with van der Waals surface area (Å²) in [5, 5.41) is 0. The zero-order chi connectivity index (χ0) is 12.4. The lowest BCUT2D eigenvalue weighted by molar-refractivity contribution is 0.615. The smallest absolute Gasteiger partial charge is 0.204 e. The van der Waals surface area contributed by atoms with Crippen LogP contribution in [0.4, 0.5) is 10.1 Å². The second-order valence-corrected chi connectivity index (χ2v) is 4.44. The first-order valence-electron chi connectivity index (χ1n) is 4.96. The molecule has 0 fully saturated rings. The summed E-state index contributed by atoms with van der Waals surface area (Å²) in [5.74, 6) is -0.309. The maximum Gasteiger partial charge on any atom is 0.204 e. The van der Waals surface area contributed by atoms with Gasteiger partial charge in [0, 0.05) is 25.0 Å². The first-order valence-corrected chi connectivity index (χ1v) is 5.75. The molecule has 5 heteroatoms. The molecule has 0 unspecified atom stereocenters. The lowest BCUT2D eigenvalue weighted by atomic mass is 10.2. The summed E-state index contributed by atoms with van der Waals surface area (Å²) >= 11 is 3.19. The molecule has 2 aromatic rings. The monoisotopic (exact) mass is 296 g/mol. The van der Waals surface area contributed by atoms with E-state index in [0.717, 1.165) is 5.56 Å². The van der Waals surface area contributed by atoms with Crippen molar-refractivity contribution in [3.05, 3.63) is 62.7 Å². The predicted octanol–water partition coefficient (Wildman–Crippen LogP) is 2.38. The zero-order valence-electron chi connectivity index (χ0n) is 8.86. The Morgan fingerprint density at radius 1 is 1.35 bits per heavy atom. The van der Waals surface area contributed by atoms with Gasteiger partial charge in [-0.15, -0.1) is 0 Å². The van der Waals surface area contributed by atoms with E-state index in [4.69, 9.17) is 5.73 Å². The van der Waals surface area contributed by atoms with Gasteiger partial charge in [-0.25, -0.2) is 4.39 Å². The van der Waals surface area contributed by atoms with Crippen LogP contribution >= 0.6 is 15.9 Å². The van der Waals surface area contributed by atoms with E-state index in [1.165, 1.54) is 12.1 Å². The molecule has 0 saturated heterocycles. The van der Waals surface area contributed by atoms with Crippen molar-refractivity contribution < 1.29 is 4.39 Å². The quantitative estimate of drug-likeness (QED) is 0.925. The molecule has 2 N–H and O–H groups in total. The van der Waals surface area contributed by atoms with E-state index in [0.29, 0.717) is 11.0 Å². The van der Waals surface area contributed by atoms with Crippen LogP contribution in [-0.4, -0.2) is 4.57 Å². The summed E-state index contributed by atoms with van der Waals surface area (Å²) in [7, 11) is 0. The Morgan fingerprint density at radius 2 is 2.12 bits per heavy atom. The minimum absolute atomic E-state index is 0.181. The third kappa shape index (κ3) is 2.55. The molecule has 88 valence electrons. The van der Waals surface area contributed by atoms with E-state index in [1.807, 2.05) is 6.07 Å². The van der Waals surface area contributed by atoms with Crippen LogP contribution in [0.15, 0.2) is 45.9 Å². The summed E-state index contributed by atoms with van der Waals surface area (Å²) in [6, 6.07) is 6.22. The Bertz CT molecular complexity index is 610. The number of anilines is 1. The topological polar surface area (TPSA) is 48.0 Å². The first kappa shape index (κ1) is 11.9. The molecular weight excluding hydrogens is 287 g/mol. The largest absolute Gasteiger partial charge is 0.394 e. The van der Waals surface area contributed by atoms with Crippen LogP contribution in [0.3, 0.4) is 0 Å². The molecule has 1 aromatic carbocycles. The van der Waals surface area contributed by atoms with Crippen molar-refractivity contribution in [2.45, 2.75) is 6.54 Å². The highest BCUT2D eigenvalue weighted by atomic mass is 79.9. The average Bonchev–Trinajstić information content (AvgIpc) is 2.30. The van der Waals surface area contributed by atoms with Crippen molar-refractivity contribution in [2.24, 2.45) is 0 Å². The Labute approximate surface area is 106 Å². The second kappa shape index (κ2) is 4.71. The average molecular weight is 297 g/mol. The number of nitrogen functional groups attached to an aromatic ring is 1. The third-order valence-electron chi connectivity index (χ3n) is 2.39. The molecular formula is C12H10BrFN2O. The van der Waals surface area contributed by atoms with E-state index in [-0.39, 0.29) is 16.9 Å². The maximum absolute atomic E-state index is 13.3. The third-order valence-corrected chi connectivity index (χ3v) is 3.28. The van der Waals surface area contributed by atoms with E-state index < -0.39 is 0 Å². The Balaban J connectivity index is 2.35. The highest BCUT2D eigenvalue weighted by Gasteiger charge is 2.05. The SMILES string of the molecule is Nc1cn(Cc2cccc(F)c2Br)ccc1=O. The number of benzene rings is 1. The van der Waals surface area contributed by atoms with Gasteiger partial charge in [-0.1, -0.05) is 12.1 Å². The Kier molecular flexibility index (Phi) is 3.28. The molecule has 0 atom stereocenters. The molecule has 0 aliphatic heterocycles.